The van der Waals surface area contributed by atoms with Gasteiger partial charge in [0.25, 0.3) is 0 Å². The van der Waals surface area contributed by atoms with Crippen molar-refractivity contribution in [2.45, 2.75) is 0 Å². The lowest BCUT2D eigenvalue weighted by molar-refractivity contribution is 0.592. The van der Waals surface area contributed by atoms with Gasteiger partial charge in [0.05, 0.1) is 0 Å². The molecule has 1 aromatic heterocycles. The quantitative estimate of drug-likeness (QED) is 0.201. The van der Waals surface area contributed by atoms with E-state index >= 15 is 0 Å². The predicted octanol–water partition coefficient (Wildman–Crippen LogP) is 9.03. The molecule has 186 valence electrons. The van der Waals surface area contributed by atoms with Gasteiger partial charge < -0.3 is 4.57 Å². The minimum atomic E-state index is -3.04. The van der Waals surface area contributed by atoms with Crippen molar-refractivity contribution in [1.29, 1.82) is 0 Å². The number of rotatable bonds is 5. The largest absolute Gasteiger partial charge is 0.309 e. The van der Waals surface area contributed by atoms with Gasteiger partial charge in [-0.3, -0.25) is 0 Å². The van der Waals surface area contributed by atoms with Gasteiger partial charge in [0.15, 0.2) is 7.14 Å². The van der Waals surface area contributed by atoms with E-state index in [4.69, 9.17) is 0 Å². The normalized spacial score (nSPS) is 11.7. The van der Waals surface area contributed by atoms with Crippen molar-refractivity contribution in [3.8, 4) is 22.3 Å². The van der Waals surface area contributed by atoms with Crippen molar-refractivity contribution in [3.63, 3.8) is 0 Å². The van der Waals surface area contributed by atoms with Gasteiger partial charge in [-0.2, -0.15) is 0 Å². The van der Waals surface area contributed by atoms with Gasteiger partial charge in [-0.1, -0.05) is 121 Å². The van der Waals surface area contributed by atoms with Crippen LogP contribution in [0.5, 0.6) is 0 Å². The van der Waals surface area contributed by atoms with Crippen LogP contribution in [0.2, 0.25) is 0 Å². The Labute approximate surface area is 232 Å². The second kappa shape index (κ2) is 9.82. The van der Waals surface area contributed by atoms with E-state index in [1.807, 2.05) is 84.1 Å². The number of benzene rings is 6. The summed E-state index contributed by atoms with van der Waals surface area (Å²) < 4.78 is 17.5. The lowest BCUT2D eigenvalue weighted by Gasteiger charge is -2.20. The van der Waals surface area contributed by atoms with Gasteiger partial charge in [0, 0.05) is 36.1 Å². The van der Waals surface area contributed by atoms with Gasteiger partial charge in [-0.05, 0) is 52.6 Å². The molecule has 1 heterocycles. The van der Waals surface area contributed by atoms with Gasteiger partial charge in [0.1, 0.15) is 0 Å². The van der Waals surface area contributed by atoms with E-state index < -0.39 is 7.14 Å². The zero-order valence-corrected chi connectivity index (χ0v) is 22.9. The fraction of sp³-hybridized carbons (Fsp3) is 0. The topological polar surface area (TPSA) is 17.1 Å². The van der Waals surface area contributed by atoms with E-state index in [9.17, 15) is 4.57 Å². The van der Waals surface area contributed by atoms with Gasteiger partial charge >= 0.3 is 0 Å². The van der Waals surface area contributed by atoms with E-state index in [0.29, 0.717) is 0 Å². The van der Waals surface area contributed by atoms with Crippen molar-refractivity contribution in [3.05, 3.63) is 152 Å². The smallest absolute Gasteiger partial charge is 0.171 e. The average Bonchev–Trinajstić information content (AvgIpc) is 3.39. The molecule has 0 saturated carbocycles. The summed E-state index contributed by atoms with van der Waals surface area (Å²) in [5.74, 6) is 0. The Morgan fingerprint density at radius 3 is 1.38 bits per heavy atom. The molecule has 0 bridgehead atoms. The molecule has 7 aromatic rings. The Morgan fingerprint density at radius 1 is 0.385 bits per heavy atom. The summed E-state index contributed by atoms with van der Waals surface area (Å²) in [7, 11) is -3.04. The summed E-state index contributed by atoms with van der Waals surface area (Å²) in [5.41, 5.74) is 4.64. The third kappa shape index (κ3) is 4.23. The molecule has 0 amide bonds. The predicted molar refractivity (Wildman–Crippen MR) is 170 cm³/mol. The lowest BCUT2D eigenvalue weighted by Crippen LogP contribution is -2.25. The summed E-state index contributed by atoms with van der Waals surface area (Å²) in [5, 5.41) is 5.07. The molecule has 1 nitrogen and oxygen atoms in total. The second-order valence-corrected chi connectivity index (χ2v) is 13.6. The van der Waals surface area contributed by atoms with Crippen LogP contribution >= 0.6 is 18.5 Å². The van der Waals surface area contributed by atoms with E-state index in [2.05, 4.69) is 78.9 Å². The van der Waals surface area contributed by atoms with Crippen molar-refractivity contribution < 1.29 is 4.57 Å². The molecule has 7 rings (SSSR count). The molecule has 0 atom stereocenters. The highest BCUT2D eigenvalue weighted by Gasteiger charge is 2.29. The molecular weight excluding hydrogens is 511 g/mol. The van der Waals surface area contributed by atoms with Crippen molar-refractivity contribution in [2.75, 3.05) is 0 Å². The third-order valence-electron chi connectivity index (χ3n) is 7.36. The first-order chi connectivity index (χ1) is 19.2. The maximum absolute atomic E-state index is 14.9. The summed E-state index contributed by atoms with van der Waals surface area (Å²) in [4.78, 5) is 0. The minimum absolute atomic E-state index is 0.846. The highest BCUT2D eigenvalue weighted by atomic mass is 32.1. The molecule has 39 heavy (non-hydrogen) atoms. The first kappa shape index (κ1) is 23.9. The lowest BCUT2D eigenvalue weighted by atomic mass is 10.0. The standard InChI is InChI=1S/C36H25OPS/c37-38(30-14-6-2-7-15-30,31-16-8-3-9-17-31)32-18-10-13-27(23-32)29-20-22-36-34(25-29)33-24-28(19-21-35(33)39-36)26-11-4-1-5-12-26/h1-25H. The summed E-state index contributed by atoms with van der Waals surface area (Å²) in [6, 6.07) is 52.0. The van der Waals surface area contributed by atoms with Crippen LogP contribution in [-0.2, 0) is 4.57 Å². The van der Waals surface area contributed by atoms with Gasteiger partial charge in [-0.25, -0.2) is 0 Å². The zero-order chi connectivity index (χ0) is 26.2. The number of thiophene rings is 1. The molecular formula is C36H25OPS. The van der Waals surface area contributed by atoms with E-state index in [-0.39, 0.29) is 0 Å². The molecule has 0 radical (unpaired) electrons. The maximum Gasteiger partial charge on any atom is 0.171 e. The molecule has 0 aliphatic rings. The first-order valence-corrected chi connectivity index (χ1v) is 15.6. The Bertz CT molecular complexity index is 1930. The van der Waals surface area contributed by atoms with E-state index in [1.54, 1.807) is 0 Å². The molecule has 3 heteroatoms. The second-order valence-electron chi connectivity index (χ2n) is 9.72. The SMILES string of the molecule is O=P(c1ccccc1)(c1ccccc1)c1cccc(-c2ccc3sc4ccc(-c5ccccc5)cc4c3c2)c1. The molecule has 0 saturated heterocycles. The summed E-state index contributed by atoms with van der Waals surface area (Å²) >= 11 is 1.83. The highest BCUT2D eigenvalue weighted by Crippen LogP contribution is 2.43. The van der Waals surface area contributed by atoms with Crippen LogP contribution < -0.4 is 15.9 Å². The maximum atomic E-state index is 14.9. The number of hydrogen-bond acceptors (Lipinski definition) is 2. The summed E-state index contributed by atoms with van der Waals surface area (Å²) in [6.45, 7) is 0. The Morgan fingerprint density at radius 2 is 0.821 bits per heavy atom. The Hall–Kier alpha value is -4.23. The van der Waals surface area contributed by atoms with Crippen molar-refractivity contribution in [2.24, 2.45) is 0 Å². The van der Waals surface area contributed by atoms with Crippen LogP contribution in [0.4, 0.5) is 0 Å². The zero-order valence-electron chi connectivity index (χ0n) is 21.2. The average molecular weight is 537 g/mol. The Balaban J connectivity index is 1.37. The summed E-state index contributed by atoms with van der Waals surface area (Å²) in [6.07, 6.45) is 0. The highest BCUT2D eigenvalue weighted by molar-refractivity contribution is 7.85. The fourth-order valence-electron chi connectivity index (χ4n) is 5.37. The Kier molecular flexibility index (Phi) is 6.01. The minimum Gasteiger partial charge on any atom is -0.309 e. The number of hydrogen-bond donors (Lipinski definition) is 0. The monoisotopic (exact) mass is 536 g/mol. The van der Waals surface area contributed by atoms with Crippen LogP contribution in [-0.4, -0.2) is 0 Å². The van der Waals surface area contributed by atoms with Gasteiger partial charge in [0.2, 0.25) is 0 Å². The third-order valence-corrected chi connectivity index (χ3v) is 11.6. The fourth-order valence-corrected chi connectivity index (χ4v) is 9.13. The molecule has 0 aliphatic carbocycles. The van der Waals surface area contributed by atoms with E-state index in [1.165, 1.54) is 31.3 Å². The molecule has 6 aromatic carbocycles. The van der Waals surface area contributed by atoms with Gasteiger partial charge in [-0.15, -0.1) is 11.3 Å². The first-order valence-electron chi connectivity index (χ1n) is 13.0. The van der Waals surface area contributed by atoms with Crippen LogP contribution in [0.1, 0.15) is 0 Å². The van der Waals surface area contributed by atoms with Crippen LogP contribution in [0.25, 0.3) is 42.4 Å². The van der Waals surface area contributed by atoms with Crippen LogP contribution in [0.15, 0.2) is 152 Å². The molecule has 0 N–H and O–H groups in total. The van der Waals surface area contributed by atoms with Crippen LogP contribution in [0, 0.1) is 0 Å². The molecule has 0 spiro atoms. The molecule has 0 unspecified atom stereocenters. The van der Waals surface area contributed by atoms with Crippen LogP contribution in [0.3, 0.4) is 0 Å². The molecule has 0 fully saturated rings. The van der Waals surface area contributed by atoms with E-state index in [0.717, 1.165) is 27.0 Å². The number of fused-ring (bicyclic) bond motifs is 3. The molecule has 0 aliphatic heterocycles. The van der Waals surface area contributed by atoms with Crippen molar-refractivity contribution >= 4 is 54.6 Å². The van der Waals surface area contributed by atoms with Crippen molar-refractivity contribution in [1.82, 2.24) is 0 Å².